The Kier molecular flexibility index (Phi) is 13.2. The van der Waals surface area contributed by atoms with Crippen molar-refractivity contribution in [1.29, 1.82) is 0 Å². The maximum Gasteiger partial charge on any atom is 0.310 e. The topological polar surface area (TPSA) is 96.7 Å². The van der Waals surface area contributed by atoms with E-state index in [0.717, 1.165) is 34.4 Å². The maximum atomic E-state index is 13.0. The van der Waals surface area contributed by atoms with Crippen molar-refractivity contribution in [2.45, 2.75) is 70.9 Å². The van der Waals surface area contributed by atoms with E-state index in [0.29, 0.717) is 52.4 Å². The van der Waals surface area contributed by atoms with Gasteiger partial charge in [0.25, 0.3) is 5.91 Å². The second-order valence-corrected chi connectivity index (χ2v) is 12.8. The number of hydrogen-bond donors (Lipinski definition) is 3. The first-order valence-electron chi connectivity index (χ1n) is 15.3. The van der Waals surface area contributed by atoms with Crippen molar-refractivity contribution in [2.75, 3.05) is 30.7 Å². The number of amides is 1. The number of anilines is 3. The van der Waals surface area contributed by atoms with Gasteiger partial charge in [-0.05, 0) is 89.6 Å². The monoisotopic (exact) mass is 702 g/mol. The highest BCUT2D eigenvalue weighted by molar-refractivity contribution is 9.10. The zero-order chi connectivity index (χ0) is 31.5. The predicted molar refractivity (Wildman–Crippen MR) is 184 cm³/mol. The van der Waals surface area contributed by atoms with Gasteiger partial charge in [-0.15, -0.1) is 0 Å². The van der Waals surface area contributed by atoms with Crippen molar-refractivity contribution in [1.82, 2.24) is 10.2 Å². The molecule has 1 aliphatic rings. The Balaban J connectivity index is 1.22. The lowest BCUT2D eigenvalue weighted by atomic mass is 9.93. The zero-order valence-electron chi connectivity index (χ0n) is 25.1. The largest absolute Gasteiger partial charge is 0.465 e. The van der Waals surface area contributed by atoms with Crippen LogP contribution in [0.1, 0.15) is 73.4 Å². The van der Waals surface area contributed by atoms with Crippen LogP contribution in [0, 0.1) is 0 Å². The van der Waals surface area contributed by atoms with Crippen LogP contribution in [0.5, 0.6) is 0 Å². The molecule has 236 valence electrons. The lowest BCUT2D eigenvalue weighted by Crippen LogP contribution is -2.36. The van der Waals surface area contributed by atoms with E-state index in [1.165, 1.54) is 32.1 Å². The SMILES string of the molecule is CCN(Cc1cc(C(=O)NCCCCOC(=O)Cc2ccccc2Nc2c(Cl)cccc2Cl)cc(Br)c1N)C1CCCCC1. The Morgan fingerprint density at radius 3 is 2.45 bits per heavy atom. The number of para-hydroxylation sites is 2. The number of rotatable bonds is 14. The van der Waals surface area contributed by atoms with Crippen LogP contribution in [0.25, 0.3) is 0 Å². The molecule has 1 amide bonds. The standard InChI is InChI=1S/C34H41BrCl2N4O3/c1-2-41(26-12-4-3-5-13-26)22-25-19-24(20-27(35)32(25)38)34(43)39-17-8-9-18-44-31(42)21-23-11-6-7-16-30(23)40-33-28(36)14-10-15-29(33)37/h6-7,10-11,14-16,19-20,26,40H,2-5,8-9,12-13,17-18,21-22,38H2,1H3,(H,39,43). The zero-order valence-corrected chi connectivity index (χ0v) is 28.2. The first kappa shape index (κ1) is 34.1. The summed E-state index contributed by atoms with van der Waals surface area (Å²) in [5.41, 5.74) is 10.7. The van der Waals surface area contributed by atoms with Crippen LogP contribution in [0.3, 0.4) is 0 Å². The first-order valence-corrected chi connectivity index (χ1v) is 16.9. The van der Waals surface area contributed by atoms with Gasteiger partial charge in [0.2, 0.25) is 0 Å². The van der Waals surface area contributed by atoms with E-state index >= 15 is 0 Å². The third-order valence-electron chi connectivity index (χ3n) is 8.04. The summed E-state index contributed by atoms with van der Waals surface area (Å²) in [5.74, 6) is -0.477. The number of nitrogen functional groups attached to an aromatic ring is 1. The maximum absolute atomic E-state index is 13.0. The molecule has 0 bridgehead atoms. The number of halogens is 3. The van der Waals surface area contributed by atoms with Crippen molar-refractivity contribution in [3.63, 3.8) is 0 Å². The number of nitrogens with two attached hydrogens (primary N) is 1. The van der Waals surface area contributed by atoms with Crippen LogP contribution in [0.2, 0.25) is 10.0 Å². The minimum atomic E-state index is -0.331. The number of esters is 1. The predicted octanol–water partition coefficient (Wildman–Crippen LogP) is 8.53. The van der Waals surface area contributed by atoms with Crippen LogP contribution in [-0.2, 0) is 22.5 Å². The first-order chi connectivity index (χ1) is 21.3. The summed E-state index contributed by atoms with van der Waals surface area (Å²) < 4.78 is 6.21. The van der Waals surface area contributed by atoms with Crippen LogP contribution in [0.15, 0.2) is 59.1 Å². The number of ether oxygens (including phenoxy) is 1. The molecule has 0 aromatic heterocycles. The molecule has 3 aromatic carbocycles. The van der Waals surface area contributed by atoms with E-state index in [4.69, 9.17) is 33.7 Å². The second-order valence-electron chi connectivity index (χ2n) is 11.1. The van der Waals surface area contributed by atoms with Gasteiger partial charge in [0.15, 0.2) is 0 Å². The molecule has 1 fully saturated rings. The Labute approximate surface area is 278 Å². The third-order valence-corrected chi connectivity index (χ3v) is 9.33. The average molecular weight is 705 g/mol. The minimum Gasteiger partial charge on any atom is -0.465 e. The summed E-state index contributed by atoms with van der Waals surface area (Å²) in [6, 6.07) is 17.0. The number of hydrogen-bond acceptors (Lipinski definition) is 6. The van der Waals surface area contributed by atoms with E-state index in [9.17, 15) is 9.59 Å². The Morgan fingerprint density at radius 2 is 1.73 bits per heavy atom. The number of benzene rings is 3. The molecule has 10 heteroatoms. The molecule has 1 aliphatic carbocycles. The van der Waals surface area contributed by atoms with Crippen LogP contribution in [0.4, 0.5) is 17.1 Å². The summed E-state index contributed by atoms with van der Waals surface area (Å²) >= 11 is 16.1. The molecule has 0 atom stereocenters. The summed E-state index contributed by atoms with van der Waals surface area (Å²) in [7, 11) is 0. The Bertz CT molecular complexity index is 1410. The van der Waals surface area contributed by atoms with E-state index in [-0.39, 0.29) is 24.9 Å². The van der Waals surface area contributed by atoms with Crippen molar-refractivity contribution in [3.8, 4) is 0 Å². The van der Waals surface area contributed by atoms with E-state index < -0.39 is 0 Å². The van der Waals surface area contributed by atoms with Crippen molar-refractivity contribution in [3.05, 3.63) is 85.8 Å². The molecular weight excluding hydrogens is 663 g/mol. The van der Waals surface area contributed by atoms with Gasteiger partial charge in [0.05, 0.1) is 34.4 Å². The third kappa shape index (κ3) is 9.61. The van der Waals surface area contributed by atoms with Gasteiger partial charge in [-0.2, -0.15) is 0 Å². The number of nitrogens with zero attached hydrogens (tertiary/aromatic N) is 1. The van der Waals surface area contributed by atoms with Crippen LogP contribution in [-0.4, -0.2) is 42.5 Å². The molecule has 0 heterocycles. The number of carbonyl (C=O) groups excluding carboxylic acids is 2. The normalized spacial score (nSPS) is 13.6. The van der Waals surface area contributed by atoms with Crippen LogP contribution < -0.4 is 16.4 Å². The Morgan fingerprint density at radius 1 is 1.00 bits per heavy atom. The summed E-state index contributed by atoms with van der Waals surface area (Å²) in [6.07, 6.45) is 7.70. The van der Waals surface area contributed by atoms with E-state index in [1.54, 1.807) is 24.3 Å². The highest BCUT2D eigenvalue weighted by Gasteiger charge is 2.22. The van der Waals surface area contributed by atoms with Gasteiger partial charge in [-0.1, -0.05) is 73.7 Å². The van der Waals surface area contributed by atoms with Crippen LogP contribution >= 0.6 is 39.1 Å². The molecule has 0 radical (unpaired) electrons. The lowest BCUT2D eigenvalue weighted by molar-refractivity contribution is -0.142. The van der Waals surface area contributed by atoms with Crippen molar-refractivity contribution in [2.24, 2.45) is 0 Å². The molecule has 4 N–H and O–H groups in total. The van der Waals surface area contributed by atoms with Crippen molar-refractivity contribution < 1.29 is 14.3 Å². The lowest BCUT2D eigenvalue weighted by Gasteiger charge is -2.34. The van der Waals surface area contributed by atoms with E-state index in [1.807, 2.05) is 30.3 Å². The summed E-state index contributed by atoms with van der Waals surface area (Å²) in [4.78, 5) is 28.0. The number of nitrogens with one attached hydrogen (secondary N) is 2. The minimum absolute atomic E-state index is 0.104. The molecule has 44 heavy (non-hydrogen) atoms. The molecule has 0 unspecified atom stereocenters. The van der Waals surface area contributed by atoms with Gasteiger partial charge >= 0.3 is 5.97 Å². The van der Waals surface area contributed by atoms with Gasteiger partial charge in [0, 0.05) is 34.9 Å². The molecular formula is C34H41BrCl2N4O3. The van der Waals surface area contributed by atoms with Crippen molar-refractivity contribution >= 4 is 68.1 Å². The molecule has 0 aliphatic heterocycles. The number of carbonyl (C=O) groups is 2. The van der Waals surface area contributed by atoms with Gasteiger partial charge in [0.1, 0.15) is 0 Å². The highest BCUT2D eigenvalue weighted by Crippen LogP contribution is 2.34. The van der Waals surface area contributed by atoms with Gasteiger partial charge in [-0.25, -0.2) is 0 Å². The smallest absolute Gasteiger partial charge is 0.310 e. The Hall–Kier alpha value is -2.78. The molecule has 7 nitrogen and oxygen atoms in total. The highest BCUT2D eigenvalue weighted by atomic mass is 79.9. The molecule has 1 saturated carbocycles. The fraction of sp³-hybridized carbons (Fsp3) is 0.412. The number of unbranched alkanes of at least 4 members (excludes halogenated alkanes) is 1. The second kappa shape index (κ2) is 17.1. The molecule has 0 saturated heterocycles. The summed E-state index contributed by atoms with van der Waals surface area (Å²) in [5, 5.41) is 7.20. The quantitative estimate of drug-likeness (QED) is 0.0885. The molecule has 0 spiro atoms. The fourth-order valence-corrected chi connectivity index (χ4v) is 6.57. The fourth-order valence-electron chi connectivity index (χ4n) is 5.57. The molecule has 4 rings (SSSR count). The average Bonchev–Trinajstić information content (AvgIpc) is 3.02. The van der Waals surface area contributed by atoms with Gasteiger partial charge in [-0.3, -0.25) is 14.5 Å². The van der Waals surface area contributed by atoms with Gasteiger partial charge < -0.3 is 21.1 Å². The summed E-state index contributed by atoms with van der Waals surface area (Å²) in [6.45, 7) is 4.60. The molecule has 3 aromatic rings. The van der Waals surface area contributed by atoms with E-state index in [2.05, 4.69) is 38.4 Å².